The molecule has 1 aliphatic carbocycles. The summed E-state index contributed by atoms with van der Waals surface area (Å²) in [4.78, 5) is 15.8. The molecule has 5 heteroatoms. The van der Waals surface area contributed by atoms with Crippen molar-refractivity contribution in [2.45, 2.75) is 58.3 Å². The van der Waals surface area contributed by atoms with Gasteiger partial charge in [-0.1, -0.05) is 39.5 Å². The van der Waals surface area contributed by atoms with E-state index in [1.807, 2.05) is 0 Å². The Morgan fingerprint density at radius 3 is 2.77 bits per heavy atom. The van der Waals surface area contributed by atoms with E-state index in [1.165, 1.54) is 25.7 Å². The van der Waals surface area contributed by atoms with Crippen LogP contribution in [-0.4, -0.2) is 25.7 Å². The number of fused-ring (bicyclic) bond motifs is 1. The number of carbonyl (C=O) groups is 1. The van der Waals surface area contributed by atoms with Gasteiger partial charge in [-0.3, -0.25) is 0 Å². The molecule has 2 heterocycles. The zero-order valence-corrected chi connectivity index (χ0v) is 13.2. The lowest BCUT2D eigenvalue weighted by Crippen LogP contribution is -2.09. The van der Waals surface area contributed by atoms with Gasteiger partial charge in [0.2, 0.25) is 0 Å². The first-order valence-corrected chi connectivity index (χ1v) is 8.21. The number of hydrogen-bond acceptors (Lipinski definition) is 3. The quantitative estimate of drug-likeness (QED) is 0.915. The molecule has 2 aromatic heterocycles. The molecule has 1 fully saturated rings. The molecule has 22 heavy (non-hydrogen) atoms. The minimum atomic E-state index is -1.00. The highest BCUT2D eigenvalue weighted by molar-refractivity contribution is 5.86. The fraction of sp³-hybridized carbons (Fsp3) is 0.588. The summed E-state index contributed by atoms with van der Waals surface area (Å²) in [5.74, 6) is 0.0499. The molecule has 0 radical (unpaired) electrons. The molecule has 5 nitrogen and oxygen atoms in total. The van der Waals surface area contributed by atoms with Crippen LogP contribution in [0.2, 0.25) is 0 Å². The number of aromatic carboxylic acids is 1. The van der Waals surface area contributed by atoms with Gasteiger partial charge < -0.3 is 5.11 Å². The molecule has 1 saturated carbocycles. The van der Waals surface area contributed by atoms with Gasteiger partial charge in [0, 0.05) is 17.5 Å². The summed E-state index contributed by atoms with van der Waals surface area (Å²) >= 11 is 0. The molecule has 1 N–H and O–H groups in total. The van der Waals surface area contributed by atoms with Crippen LogP contribution in [0.1, 0.15) is 73.7 Å². The van der Waals surface area contributed by atoms with E-state index in [0.717, 1.165) is 30.1 Å². The van der Waals surface area contributed by atoms with Gasteiger partial charge in [0.15, 0.2) is 11.3 Å². The Morgan fingerprint density at radius 1 is 1.41 bits per heavy atom. The minimum Gasteiger partial charge on any atom is -0.476 e. The van der Waals surface area contributed by atoms with Crippen LogP contribution in [0, 0.1) is 5.92 Å². The minimum absolute atomic E-state index is 0.0649. The van der Waals surface area contributed by atoms with E-state index in [2.05, 4.69) is 30.0 Å². The molecule has 1 aliphatic rings. The first-order valence-electron chi connectivity index (χ1n) is 8.21. The Balaban J connectivity index is 2.03. The van der Waals surface area contributed by atoms with Crippen molar-refractivity contribution in [2.24, 2.45) is 5.92 Å². The number of hydrogen-bond donors (Lipinski definition) is 1. The van der Waals surface area contributed by atoms with Crippen LogP contribution < -0.4 is 0 Å². The first-order chi connectivity index (χ1) is 10.6. The second-order valence-corrected chi connectivity index (χ2v) is 6.44. The zero-order chi connectivity index (χ0) is 15.7. The number of aromatic nitrogens is 3. The SMILES string of the molecule is CCC(C)c1cc(CC2CCCC2)nc2cc(C(=O)O)nn12. The molecule has 0 spiro atoms. The van der Waals surface area contributed by atoms with E-state index < -0.39 is 5.97 Å². The summed E-state index contributed by atoms with van der Waals surface area (Å²) in [6.07, 6.45) is 7.19. The van der Waals surface area contributed by atoms with Crippen LogP contribution in [-0.2, 0) is 6.42 Å². The molecule has 2 aromatic rings. The fourth-order valence-electron chi connectivity index (χ4n) is 3.33. The lowest BCUT2D eigenvalue weighted by Gasteiger charge is -2.14. The van der Waals surface area contributed by atoms with Crippen molar-refractivity contribution < 1.29 is 9.90 Å². The molecular weight excluding hydrogens is 278 g/mol. The van der Waals surface area contributed by atoms with Crippen LogP contribution in [0.5, 0.6) is 0 Å². The van der Waals surface area contributed by atoms with Gasteiger partial charge in [0.25, 0.3) is 0 Å². The summed E-state index contributed by atoms with van der Waals surface area (Å²) in [7, 11) is 0. The highest BCUT2D eigenvalue weighted by Gasteiger charge is 2.20. The predicted octanol–water partition coefficient (Wildman–Crippen LogP) is 3.67. The molecule has 1 atom stereocenters. The van der Waals surface area contributed by atoms with E-state index in [0.29, 0.717) is 11.6 Å². The van der Waals surface area contributed by atoms with Crippen LogP contribution >= 0.6 is 0 Å². The molecule has 1 unspecified atom stereocenters. The third-order valence-electron chi connectivity index (χ3n) is 4.82. The van der Waals surface area contributed by atoms with Gasteiger partial charge in [-0.15, -0.1) is 0 Å². The number of rotatable bonds is 5. The Bertz CT molecular complexity index is 687. The predicted molar refractivity (Wildman–Crippen MR) is 84.3 cm³/mol. The average molecular weight is 301 g/mol. The molecule has 3 rings (SSSR count). The van der Waals surface area contributed by atoms with E-state index in [9.17, 15) is 4.79 Å². The van der Waals surface area contributed by atoms with Gasteiger partial charge >= 0.3 is 5.97 Å². The fourth-order valence-corrected chi connectivity index (χ4v) is 3.33. The standard InChI is InChI=1S/C17H23N3O2/c1-3-11(2)15-9-13(8-12-6-4-5-7-12)18-16-10-14(17(21)22)19-20(15)16/h9-12H,3-8H2,1-2H3,(H,21,22). The average Bonchev–Trinajstić information content (AvgIpc) is 3.14. The second kappa shape index (κ2) is 6.07. The smallest absolute Gasteiger partial charge is 0.356 e. The maximum atomic E-state index is 11.2. The van der Waals surface area contributed by atoms with Crippen molar-refractivity contribution in [3.63, 3.8) is 0 Å². The van der Waals surface area contributed by atoms with Crippen molar-refractivity contribution >= 4 is 11.6 Å². The molecular formula is C17H23N3O2. The highest BCUT2D eigenvalue weighted by Crippen LogP contribution is 2.29. The maximum absolute atomic E-state index is 11.2. The van der Waals surface area contributed by atoms with Gasteiger partial charge in [-0.05, 0) is 30.7 Å². The van der Waals surface area contributed by atoms with Gasteiger partial charge in [0.05, 0.1) is 0 Å². The van der Waals surface area contributed by atoms with Crippen LogP contribution in [0.25, 0.3) is 5.65 Å². The Labute approximate surface area is 130 Å². The zero-order valence-electron chi connectivity index (χ0n) is 13.2. The van der Waals surface area contributed by atoms with Gasteiger partial charge in [0.1, 0.15) is 0 Å². The van der Waals surface area contributed by atoms with Crippen molar-refractivity contribution in [3.05, 3.63) is 29.2 Å². The maximum Gasteiger partial charge on any atom is 0.356 e. The second-order valence-electron chi connectivity index (χ2n) is 6.44. The molecule has 0 amide bonds. The van der Waals surface area contributed by atoms with E-state index in [1.54, 1.807) is 10.6 Å². The van der Waals surface area contributed by atoms with E-state index in [4.69, 9.17) is 5.11 Å². The van der Waals surface area contributed by atoms with Crippen LogP contribution in [0.3, 0.4) is 0 Å². The van der Waals surface area contributed by atoms with Crippen molar-refractivity contribution in [1.29, 1.82) is 0 Å². The highest BCUT2D eigenvalue weighted by atomic mass is 16.4. The van der Waals surface area contributed by atoms with Crippen LogP contribution in [0.15, 0.2) is 12.1 Å². The largest absolute Gasteiger partial charge is 0.476 e. The van der Waals surface area contributed by atoms with Gasteiger partial charge in [-0.2, -0.15) is 5.10 Å². The summed E-state index contributed by atoms with van der Waals surface area (Å²) in [5, 5.41) is 13.4. The van der Waals surface area contributed by atoms with E-state index >= 15 is 0 Å². The molecule has 0 aliphatic heterocycles. The van der Waals surface area contributed by atoms with E-state index in [-0.39, 0.29) is 5.69 Å². The Morgan fingerprint density at radius 2 is 2.14 bits per heavy atom. The summed E-state index contributed by atoms with van der Waals surface area (Å²) < 4.78 is 1.70. The summed E-state index contributed by atoms with van der Waals surface area (Å²) in [5.41, 5.74) is 2.86. The number of carboxylic acids is 1. The van der Waals surface area contributed by atoms with Gasteiger partial charge in [-0.25, -0.2) is 14.3 Å². The lowest BCUT2D eigenvalue weighted by molar-refractivity contribution is 0.0690. The Kier molecular flexibility index (Phi) is 4.14. The third kappa shape index (κ3) is 2.85. The summed E-state index contributed by atoms with van der Waals surface area (Å²) in [6, 6.07) is 3.70. The van der Waals surface area contributed by atoms with Crippen LogP contribution in [0.4, 0.5) is 0 Å². The van der Waals surface area contributed by atoms with Crippen molar-refractivity contribution in [3.8, 4) is 0 Å². The first kappa shape index (κ1) is 15.0. The lowest BCUT2D eigenvalue weighted by atomic mass is 9.99. The third-order valence-corrected chi connectivity index (χ3v) is 4.82. The number of carboxylic acid groups (broad SMARTS) is 1. The molecule has 118 valence electrons. The van der Waals surface area contributed by atoms with Crippen molar-refractivity contribution in [2.75, 3.05) is 0 Å². The number of nitrogens with zero attached hydrogens (tertiary/aromatic N) is 3. The molecule has 0 saturated heterocycles. The Hall–Kier alpha value is -1.91. The summed E-state index contributed by atoms with van der Waals surface area (Å²) in [6.45, 7) is 4.28. The molecule has 0 bridgehead atoms. The monoisotopic (exact) mass is 301 g/mol. The molecule has 0 aromatic carbocycles. The normalized spacial score (nSPS) is 17.2. The topological polar surface area (TPSA) is 67.5 Å². The van der Waals surface area contributed by atoms with Crippen molar-refractivity contribution in [1.82, 2.24) is 14.6 Å².